The lowest BCUT2D eigenvalue weighted by Crippen LogP contribution is -2.52. The molecule has 0 heterocycles. The average molecular weight is 262 g/mol. The summed E-state index contributed by atoms with van der Waals surface area (Å²) >= 11 is 0. The van der Waals surface area contributed by atoms with Gasteiger partial charge >= 0.3 is 0 Å². The SMILES string of the molecule is CNC(C)CNC(=O)C1(S(C)(=O)=O)CCCC1. The van der Waals surface area contributed by atoms with Crippen LogP contribution in [0.2, 0.25) is 0 Å². The summed E-state index contributed by atoms with van der Waals surface area (Å²) in [6.45, 7) is 2.38. The van der Waals surface area contributed by atoms with Gasteiger partial charge in [-0.25, -0.2) is 8.42 Å². The normalized spacial score (nSPS) is 21.1. The summed E-state index contributed by atoms with van der Waals surface area (Å²) < 4.78 is 22.5. The van der Waals surface area contributed by atoms with Crippen LogP contribution in [0.15, 0.2) is 0 Å². The first-order chi connectivity index (χ1) is 7.83. The molecule has 0 saturated heterocycles. The zero-order valence-electron chi connectivity index (χ0n) is 10.7. The van der Waals surface area contributed by atoms with Crippen LogP contribution in [-0.4, -0.2) is 45.0 Å². The largest absolute Gasteiger partial charge is 0.353 e. The lowest BCUT2D eigenvalue weighted by molar-refractivity contribution is -0.123. The minimum Gasteiger partial charge on any atom is -0.353 e. The first-order valence-electron chi connectivity index (χ1n) is 5.98. The molecule has 1 fully saturated rings. The molecule has 0 spiro atoms. The van der Waals surface area contributed by atoms with E-state index in [0.717, 1.165) is 12.8 Å². The topological polar surface area (TPSA) is 75.3 Å². The summed E-state index contributed by atoms with van der Waals surface area (Å²) in [5.41, 5.74) is 0. The minimum absolute atomic E-state index is 0.136. The zero-order valence-corrected chi connectivity index (χ0v) is 11.6. The molecule has 0 aromatic rings. The van der Waals surface area contributed by atoms with Crippen LogP contribution in [0.5, 0.6) is 0 Å². The summed E-state index contributed by atoms with van der Waals surface area (Å²) in [4.78, 5) is 12.1. The summed E-state index contributed by atoms with van der Waals surface area (Å²) in [7, 11) is -1.55. The Morgan fingerprint density at radius 3 is 2.29 bits per heavy atom. The summed E-state index contributed by atoms with van der Waals surface area (Å²) in [6.07, 6.45) is 3.68. The van der Waals surface area contributed by atoms with Gasteiger partial charge in [0.2, 0.25) is 5.91 Å². The van der Waals surface area contributed by atoms with Gasteiger partial charge in [-0.3, -0.25) is 4.79 Å². The average Bonchev–Trinajstić information content (AvgIpc) is 2.74. The van der Waals surface area contributed by atoms with Crippen molar-refractivity contribution < 1.29 is 13.2 Å². The van der Waals surface area contributed by atoms with Crippen LogP contribution in [0.25, 0.3) is 0 Å². The maximum atomic E-state index is 12.1. The molecule has 1 unspecified atom stereocenters. The third-order valence-corrected chi connectivity index (χ3v) is 5.61. The molecule has 0 bridgehead atoms. The van der Waals surface area contributed by atoms with Gasteiger partial charge in [-0.15, -0.1) is 0 Å². The Morgan fingerprint density at radius 1 is 1.35 bits per heavy atom. The summed E-state index contributed by atoms with van der Waals surface area (Å²) in [6, 6.07) is 0.136. The fourth-order valence-electron chi connectivity index (χ4n) is 2.22. The van der Waals surface area contributed by atoms with Crippen molar-refractivity contribution >= 4 is 15.7 Å². The first-order valence-corrected chi connectivity index (χ1v) is 7.88. The smallest absolute Gasteiger partial charge is 0.241 e. The second kappa shape index (κ2) is 5.35. The predicted molar refractivity (Wildman–Crippen MR) is 67.6 cm³/mol. The first kappa shape index (κ1) is 14.4. The number of carbonyl (C=O) groups is 1. The van der Waals surface area contributed by atoms with Gasteiger partial charge in [0.05, 0.1) is 0 Å². The van der Waals surface area contributed by atoms with Crippen LogP contribution in [0.1, 0.15) is 32.6 Å². The molecule has 1 aliphatic carbocycles. The highest BCUT2D eigenvalue weighted by Gasteiger charge is 2.49. The van der Waals surface area contributed by atoms with Gasteiger partial charge < -0.3 is 10.6 Å². The molecule has 1 rings (SSSR count). The van der Waals surface area contributed by atoms with Gasteiger partial charge in [0.15, 0.2) is 9.84 Å². The van der Waals surface area contributed by atoms with E-state index < -0.39 is 14.6 Å². The van der Waals surface area contributed by atoms with Gasteiger partial charge in [-0.2, -0.15) is 0 Å². The summed E-state index contributed by atoms with van der Waals surface area (Å²) in [5, 5.41) is 5.74. The van der Waals surface area contributed by atoms with E-state index in [9.17, 15) is 13.2 Å². The Labute approximate surface area is 103 Å². The molecule has 0 aromatic heterocycles. The van der Waals surface area contributed by atoms with Crippen molar-refractivity contribution in [2.24, 2.45) is 0 Å². The van der Waals surface area contributed by atoms with Crippen LogP contribution < -0.4 is 10.6 Å². The Bertz CT molecular complexity index is 372. The van der Waals surface area contributed by atoms with Crippen molar-refractivity contribution in [3.8, 4) is 0 Å². The number of hydrogen-bond donors (Lipinski definition) is 2. The molecule has 0 aromatic carbocycles. The molecule has 1 atom stereocenters. The predicted octanol–water partition coefficient (Wildman–Crippen LogP) is 0.0679. The Balaban J connectivity index is 2.76. The maximum absolute atomic E-state index is 12.1. The van der Waals surface area contributed by atoms with E-state index >= 15 is 0 Å². The molecule has 17 heavy (non-hydrogen) atoms. The molecule has 1 amide bonds. The van der Waals surface area contributed by atoms with Gasteiger partial charge in [0.1, 0.15) is 4.75 Å². The van der Waals surface area contributed by atoms with Crippen molar-refractivity contribution in [1.29, 1.82) is 0 Å². The van der Waals surface area contributed by atoms with Crippen molar-refractivity contribution in [1.82, 2.24) is 10.6 Å². The van der Waals surface area contributed by atoms with Gasteiger partial charge in [-0.1, -0.05) is 12.8 Å². The van der Waals surface area contributed by atoms with Crippen LogP contribution in [0, 0.1) is 0 Å². The van der Waals surface area contributed by atoms with E-state index in [2.05, 4.69) is 10.6 Å². The molecule has 0 aliphatic heterocycles. The maximum Gasteiger partial charge on any atom is 0.241 e. The van der Waals surface area contributed by atoms with Crippen LogP contribution in [0.4, 0.5) is 0 Å². The zero-order chi connectivity index (χ0) is 13.1. The molecule has 0 radical (unpaired) electrons. The number of amides is 1. The standard InChI is InChI=1S/C11H22N2O3S/c1-9(12-2)8-13-10(14)11(17(3,15)16)6-4-5-7-11/h9,12H,4-8H2,1-3H3,(H,13,14). The third-order valence-electron chi connectivity index (χ3n) is 3.60. The molecule has 1 aliphatic rings. The molecule has 6 heteroatoms. The minimum atomic E-state index is -3.35. The lowest BCUT2D eigenvalue weighted by atomic mass is 10.1. The van der Waals surface area contributed by atoms with Gasteiger partial charge in [0, 0.05) is 18.8 Å². The van der Waals surface area contributed by atoms with E-state index in [0.29, 0.717) is 19.4 Å². The van der Waals surface area contributed by atoms with Gasteiger partial charge in [-0.05, 0) is 26.8 Å². The quantitative estimate of drug-likeness (QED) is 0.735. The van der Waals surface area contributed by atoms with Crippen LogP contribution >= 0.6 is 0 Å². The number of sulfone groups is 1. The Hall–Kier alpha value is -0.620. The number of hydrogen-bond acceptors (Lipinski definition) is 4. The van der Waals surface area contributed by atoms with E-state index in [4.69, 9.17) is 0 Å². The number of likely N-dealkylation sites (N-methyl/N-ethyl adjacent to an activating group) is 1. The molecular formula is C11H22N2O3S. The van der Waals surface area contributed by atoms with Crippen molar-refractivity contribution in [3.63, 3.8) is 0 Å². The third kappa shape index (κ3) is 2.98. The molecule has 2 N–H and O–H groups in total. The molecular weight excluding hydrogens is 240 g/mol. The highest BCUT2D eigenvalue weighted by molar-refractivity contribution is 7.92. The molecule has 100 valence electrons. The number of nitrogens with one attached hydrogen (secondary N) is 2. The van der Waals surface area contributed by atoms with E-state index in [1.54, 1.807) is 7.05 Å². The Morgan fingerprint density at radius 2 is 1.88 bits per heavy atom. The van der Waals surface area contributed by atoms with E-state index in [1.165, 1.54) is 6.26 Å². The van der Waals surface area contributed by atoms with Crippen molar-refractivity contribution in [2.75, 3.05) is 19.8 Å². The van der Waals surface area contributed by atoms with E-state index in [1.807, 2.05) is 6.92 Å². The van der Waals surface area contributed by atoms with E-state index in [-0.39, 0.29) is 11.9 Å². The van der Waals surface area contributed by atoms with Gasteiger partial charge in [0.25, 0.3) is 0 Å². The Kier molecular flexibility index (Phi) is 4.55. The monoisotopic (exact) mass is 262 g/mol. The molecule has 5 nitrogen and oxygen atoms in total. The highest BCUT2D eigenvalue weighted by Crippen LogP contribution is 2.36. The number of carbonyl (C=O) groups excluding carboxylic acids is 1. The van der Waals surface area contributed by atoms with Crippen molar-refractivity contribution in [3.05, 3.63) is 0 Å². The fourth-order valence-corrected chi connectivity index (χ4v) is 3.66. The molecule has 1 saturated carbocycles. The van der Waals surface area contributed by atoms with Crippen molar-refractivity contribution in [2.45, 2.75) is 43.4 Å². The highest BCUT2D eigenvalue weighted by atomic mass is 32.2. The fraction of sp³-hybridized carbons (Fsp3) is 0.909. The van der Waals surface area contributed by atoms with Crippen LogP contribution in [-0.2, 0) is 14.6 Å². The number of rotatable bonds is 5. The second-order valence-corrected chi connectivity index (χ2v) is 7.20. The lowest BCUT2D eigenvalue weighted by Gasteiger charge is -2.26. The summed E-state index contributed by atoms with van der Waals surface area (Å²) in [5.74, 6) is -0.334. The second-order valence-electron chi connectivity index (χ2n) is 4.87. The van der Waals surface area contributed by atoms with Crippen LogP contribution in [0.3, 0.4) is 0 Å².